The van der Waals surface area contributed by atoms with Crippen LogP contribution in [0, 0.1) is 10.8 Å². The highest BCUT2D eigenvalue weighted by molar-refractivity contribution is 6.01. The molecule has 0 atom stereocenters. The Morgan fingerprint density at radius 1 is 1.04 bits per heavy atom. The van der Waals surface area contributed by atoms with Crippen LogP contribution in [0.15, 0.2) is 60.2 Å². The molecular weight excluding hydrogens is 322 g/mol. The molecule has 0 bridgehead atoms. The van der Waals surface area contributed by atoms with Gasteiger partial charge in [-0.15, -0.1) is 0 Å². The molecule has 2 aromatic rings. The van der Waals surface area contributed by atoms with Gasteiger partial charge in [-0.05, 0) is 35.3 Å². The van der Waals surface area contributed by atoms with Gasteiger partial charge < -0.3 is 10.0 Å². The first-order chi connectivity index (χ1) is 12.1. The molecule has 0 radical (unpaired) electrons. The first-order valence-electron chi connectivity index (χ1n) is 9.03. The molecule has 3 heteroatoms. The first kappa shape index (κ1) is 18.2. The van der Waals surface area contributed by atoms with Crippen LogP contribution >= 0.6 is 0 Å². The summed E-state index contributed by atoms with van der Waals surface area (Å²) < 4.78 is 0. The third kappa shape index (κ3) is 3.26. The van der Waals surface area contributed by atoms with E-state index in [9.17, 15) is 9.90 Å². The molecule has 0 aliphatic carbocycles. The molecule has 1 aliphatic rings. The molecule has 0 fully saturated rings. The number of amides is 1. The third-order valence-electron chi connectivity index (χ3n) is 4.87. The summed E-state index contributed by atoms with van der Waals surface area (Å²) in [4.78, 5) is 15.2. The Morgan fingerprint density at radius 2 is 1.69 bits per heavy atom. The van der Waals surface area contributed by atoms with E-state index in [1.165, 1.54) is 5.57 Å². The molecule has 0 spiro atoms. The Bertz CT molecular complexity index is 857. The van der Waals surface area contributed by atoms with E-state index >= 15 is 0 Å². The monoisotopic (exact) mass is 349 g/mol. The predicted molar refractivity (Wildman–Crippen MR) is 106 cm³/mol. The fourth-order valence-electron chi connectivity index (χ4n) is 4.24. The lowest BCUT2D eigenvalue weighted by Crippen LogP contribution is -2.31. The van der Waals surface area contributed by atoms with Gasteiger partial charge in [0.05, 0.1) is 5.70 Å². The fourth-order valence-corrected chi connectivity index (χ4v) is 4.24. The van der Waals surface area contributed by atoms with Gasteiger partial charge in [0, 0.05) is 23.1 Å². The number of aromatic hydroxyl groups is 1. The van der Waals surface area contributed by atoms with Crippen LogP contribution in [0.25, 0.3) is 5.70 Å². The van der Waals surface area contributed by atoms with Crippen molar-refractivity contribution in [2.75, 3.05) is 6.54 Å². The van der Waals surface area contributed by atoms with Gasteiger partial charge in [-0.2, -0.15) is 0 Å². The summed E-state index contributed by atoms with van der Waals surface area (Å²) >= 11 is 0. The van der Waals surface area contributed by atoms with Crippen molar-refractivity contribution in [1.29, 1.82) is 0 Å². The summed E-state index contributed by atoms with van der Waals surface area (Å²) in [5.41, 5.74) is 3.47. The quantitative estimate of drug-likeness (QED) is 0.796. The summed E-state index contributed by atoms with van der Waals surface area (Å²) in [5, 5.41) is 10.0. The summed E-state index contributed by atoms with van der Waals surface area (Å²) in [7, 11) is 0. The highest BCUT2D eigenvalue weighted by atomic mass is 16.3. The Labute approximate surface area is 156 Å². The van der Waals surface area contributed by atoms with Crippen LogP contribution in [0.1, 0.15) is 50.5 Å². The topological polar surface area (TPSA) is 40.5 Å². The molecule has 0 saturated carbocycles. The number of benzene rings is 2. The smallest absolute Gasteiger partial charge is 0.258 e. The molecule has 26 heavy (non-hydrogen) atoms. The Kier molecular flexibility index (Phi) is 4.43. The lowest BCUT2D eigenvalue weighted by Gasteiger charge is -2.32. The van der Waals surface area contributed by atoms with Crippen LogP contribution in [-0.4, -0.2) is 22.5 Å². The molecular formula is C23H27NO2. The van der Waals surface area contributed by atoms with Crippen molar-refractivity contribution in [2.45, 2.75) is 34.6 Å². The standard InChI is InChI=1S/C23H27NO2/c1-22(2,3)20-19(17-12-9-13-18(25)14-17)24(15-23(20,4)5)21(26)16-10-7-6-8-11-16/h6-14,25H,15H2,1-5H3. The second kappa shape index (κ2) is 6.31. The maximum absolute atomic E-state index is 13.3. The molecule has 136 valence electrons. The number of carbonyl (C=O) groups excluding carboxylic acids is 1. The zero-order valence-electron chi connectivity index (χ0n) is 16.2. The SMILES string of the molecule is CC(C)(C)C1=C(c2cccc(O)c2)N(C(=O)c2ccccc2)CC1(C)C. The number of carbonyl (C=O) groups is 1. The van der Waals surface area contributed by atoms with Crippen molar-refractivity contribution in [3.8, 4) is 5.75 Å². The van der Waals surface area contributed by atoms with E-state index in [0.29, 0.717) is 12.1 Å². The number of nitrogens with zero attached hydrogens (tertiary/aromatic N) is 1. The van der Waals surface area contributed by atoms with Gasteiger partial charge in [0.25, 0.3) is 5.91 Å². The van der Waals surface area contributed by atoms with Crippen LogP contribution in [-0.2, 0) is 0 Å². The third-order valence-corrected chi connectivity index (χ3v) is 4.87. The zero-order chi connectivity index (χ0) is 19.1. The van der Waals surface area contributed by atoms with Crippen LogP contribution in [0.5, 0.6) is 5.75 Å². The van der Waals surface area contributed by atoms with Gasteiger partial charge >= 0.3 is 0 Å². The molecule has 0 aromatic heterocycles. The minimum absolute atomic E-state index is 0.00346. The van der Waals surface area contributed by atoms with E-state index < -0.39 is 0 Å². The van der Waals surface area contributed by atoms with Crippen molar-refractivity contribution < 1.29 is 9.90 Å². The minimum atomic E-state index is -0.149. The van der Waals surface area contributed by atoms with E-state index in [-0.39, 0.29) is 22.5 Å². The number of hydrogen-bond acceptors (Lipinski definition) is 2. The highest BCUT2D eigenvalue weighted by Gasteiger charge is 2.45. The number of phenols is 1. The molecule has 0 unspecified atom stereocenters. The molecule has 2 aromatic carbocycles. The average molecular weight is 349 g/mol. The van der Waals surface area contributed by atoms with Crippen molar-refractivity contribution in [3.05, 3.63) is 71.3 Å². The molecule has 1 heterocycles. The Hall–Kier alpha value is -2.55. The van der Waals surface area contributed by atoms with Crippen LogP contribution in [0.4, 0.5) is 0 Å². The van der Waals surface area contributed by atoms with Gasteiger partial charge in [0.1, 0.15) is 5.75 Å². The second-order valence-corrected chi connectivity index (χ2v) is 8.67. The maximum atomic E-state index is 13.3. The summed E-state index contributed by atoms with van der Waals surface area (Å²) in [5.74, 6) is 0.205. The Balaban J connectivity index is 2.22. The maximum Gasteiger partial charge on any atom is 0.258 e. The van der Waals surface area contributed by atoms with Crippen LogP contribution in [0.2, 0.25) is 0 Å². The second-order valence-electron chi connectivity index (χ2n) is 8.67. The van der Waals surface area contributed by atoms with Crippen LogP contribution < -0.4 is 0 Å². The van der Waals surface area contributed by atoms with E-state index in [2.05, 4.69) is 34.6 Å². The molecule has 1 aliphatic heterocycles. The van der Waals surface area contributed by atoms with E-state index in [4.69, 9.17) is 0 Å². The van der Waals surface area contributed by atoms with Crippen molar-refractivity contribution in [1.82, 2.24) is 4.90 Å². The summed E-state index contributed by atoms with van der Waals surface area (Å²) in [6.07, 6.45) is 0. The van der Waals surface area contributed by atoms with E-state index in [1.54, 1.807) is 12.1 Å². The van der Waals surface area contributed by atoms with Crippen LogP contribution in [0.3, 0.4) is 0 Å². The average Bonchev–Trinajstić information content (AvgIpc) is 2.86. The fraction of sp³-hybridized carbons (Fsp3) is 0.348. The molecule has 1 N–H and O–H groups in total. The van der Waals surface area contributed by atoms with E-state index in [0.717, 1.165) is 11.3 Å². The van der Waals surface area contributed by atoms with Crippen molar-refractivity contribution in [2.24, 2.45) is 10.8 Å². The highest BCUT2D eigenvalue weighted by Crippen LogP contribution is 2.51. The first-order valence-corrected chi connectivity index (χ1v) is 9.03. The lowest BCUT2D eigenvalue weighted by atomic mass is 9.71. The number of phenolic OH excluding ortho intramolecular Hbond substituents is 1. The normalized spacial score (nSPS) is 16.9. The number of rotatable bonds is 2. The van der Waals surface area contributed by atoms with Gasteiger partial charge in [0.15, 0.2) is 0 Å². The minimum Gasteiger partial charge on any atom is -0.508 e. The predicted octanol–water partition coefficient (Wildman–Crippen LogP) is 5.33. The largest absolute Gasteiger partial charge is 0.508 e. The van der Waals surface area contributed by atoms with Gasteiger partial charge in [-0.3, -0.25) is 4.79 Å². The lowest BCUT2D eigenvalue weighted by molar-refractivity contribution is 0.0821. The van der Waals surface area contributed by atoms with E-state index in [1.807, 2.05) is 47.4 Å². The molecule has 0 saturated heterocycles. The summed E-state index contributed by atoms with van der Waals surface area (Å²) in [6, 6.07) is 16.6. The van der Waals surface area contributed by atoms with Gasteiger partial charge in [-0.25, -0.2) is 0 Å². The molecule has 1 amide bonds. The van der Waals surface area contributed by atoms with Crippen molar-refractivity contribution in [3.63, 3.8) is 0 Å². The van der Waals surface area contributed by atoms with Crippen molar-refractivity contribution >= 4 is 11.6 Å². The molecule has 3 nitrogen and oxygen atoms in total. The zero-order valence-corrected chi connectivity index (χ0v) is 16.2. The summed E-state index contributed by atoms with van der Waals surface area (Å²) in [6.45, 7) is 11.6. The molecule has 3 rings (SSSR count). The van der Waals surface area contributed by atoms with Gasteiger partial charge in [0.2, 0.25) is 0 Å². The number of hydrogen-bond donors (Lipinski definition) is 1. The Morgan fingerprint density at radius 3 is 2.27 bits per heavy atom. The van der Waals surface area contributed by atoms with Gasteiger partial charge in [-0.1, -0.05) is 65.0 Å².